The van der Waals surface area contributed by atoms with Gasteiger partial charge in [-0.15, -0.1) is 0 Å². The van der Waals surface area contributed by atoms with Gasteiger partial charge in [-0.05, 0) is 43.4 Å². The molecule has 1 saturated heterocycles. The molecule has 2 aliphatic rings. The lowest BCUT2D eigenvalue weighted by Gasteiger charge is -2.31. The number of carbonyl (C=O) groups excluding carboxylic acids is 2. The zero-order chi connectivity index (χ0) is 22.1. The number of nitrogens with one attached hydrogen (secondary N) is 3. The van der Waals surface area contributed by atoms with Gasteiger partial charge in [0, 0.05) is 25.2 Å². The highest BCUT2D eigenvalue weighted by molar-refractivity contribution is 6.04. The highest BCUT2D eigenvalue weighted by atomic mass is 16.2. The zero-order valence-corrected chi connectivity index (χ0v) is 17.8. The van der Waals surface area contributed by atoms with Crippen molar-refractivity contribution < 1.29 is 9.59 Å². The van der Waals surface area contributed by atoms with E-state index in [9.17, 15) is 14.4 Å². The first-order valence-electron chi connectivity index (χ1n) is 10.6. The molecule has 1 fully saturated rings. The molecule has 0 aliphatic carbocycles. The van der Waals surface area contributed by atoms with Crippen molar-refractivity contribution in [2.45, 2.75) is 39.0 Å². The van der Waals surface area contributed by atoms with Crippen LogP contribution in [0.5, 0.6) is 0 Å². The number of aromatic nitrogens is 2. The van der Waals surface area contributed by atoms with E-state index in [0.717, 1.165) is 37.1 Å². The quantitative estimate of drug-likeness (QED) is 0.703. The maximum atomic E-state index is 13.0. The second kappa shape index (κ2) is 8.37. The number of hydrogen-bond donors (Lipinski definition) is 3. The summed E-state index contributed by atoms with van der Waals surface area (Å²) < 4.78 is 0. The minimum Gasteiger partial charge on any atom is -0.342 e. The van der Waals surface area contributed by atoms with Crippen LogP contribution < -0.4 is 21.1 Å². The van der Waals surface area contributed by atoms with Gasteiger partial charge in [-0.2, -0.15) is 4.98 Å². The predicted molar refractivity (Wildman–Crippen MR) is 121 cm³/mol. The average molecular weight is 422 g/mol. The molecule has 162 valence electrons. The number of amides is 2. The van der Waals surface area contributed by atoms with Crippen molar-refractivity contribution >= 4 is 34.8 Å². The standard InChI is InChI=1S/C23H27N5O3/c1-13(2)15-4-6-16(7-5-15)24-21(30)17-12-18(29)25-20-19(17)22(31)27-23(26-20)28-10-8-14(3)9-11-28/h4-7,14,17H,1,8-12H2,2-3H3,(H,24,30)(H2,25,26,27,29,31)/t17-/m1/s1. The van der Waals surface area contributed by atoms with E-state index in [-0.39, 0.29) is 23.7 Å². The van der Waals surface area contributed by atoms with E-state index in [2.05, 4.69) is 34.1 Å². The van der Waals surface area contributed by atoms with E-state index in [1.807, 2.05) is 24.0 Å². The summed E-state index contributed by atoms with van der Waals surface area (Å²) in [6.07, 6.45) is 1.93. The van der Waals surface area contributed by atoms with E-state index in [1.54, 1.807) is 12.1 Å². The van der Waals surface area contributed by atoms with E-state index >= 15 is 0 Å². The number of hydrogen-bond acceptors (Lipinski definition) is 5. The molecule has 31 heavy (non-hydrogen) atoms. The number of H-pyrrole nitrogens is 1. The Bertz CT molecular complexity index is 1080. The Morgan fingerprint density at radius 3 is 2.52 bits per heavy atom. The Hall–Kier alpha value is -3.42. The van der Waals surface area contributed by atoms with Crippen molar-refractivity contribution in [3.63, 3.8) is 0 Å². The fraction of sp³-hybridized carbons (Fsp3) is 0.391. The van der Waals surface area contributed by atoms with Crippen LogP contribution in [0.2, 0.25) is 0 Å². The maximum Gasteiger partial charge on any atom is 0.258 e. The van der Waals surface area contributed by atoms with Crippen LogP contribution in [0.4, 0.5) is 17.5 Å². The third-order valence-electron chi connectivity index (χ3n) is 5.98. The lowest BCUT2D eigenvalue weighted by atomic mass is 9.92. The summed E-state index contributed by atoms with van der Waals surface area (Å²) in [5, 5.41) is 5.48. The van der Waals surface area contributed by atoms with Gasteiger partial charge in [0.2, 0.25) is 17.8 Å². The first-order chi connectivity index (χ1) is 14.8. The smallest absolute Gasteiger partial charge is 0.258 e. The highest BCUT2D eigenvalue weighted by Crippen LogP contribution is 2.31. The van der Waals surface area contributed by atoms with Crippen LogP contribution in [0.15, 0.2) is 35.6 Å². The molecule has 8 nitrogen and oxygen atoms in total. The van der Waals surface area contributed by atoms with E-state index in [0.29, 0.717) is 17.6 Å². The van der Waals surface area contributed by atoms with Crippen LogP contribution >= 0.6 is 0 Å². The third kappa shape index (κ3) is 4.38. The van der Waals surface area contributed by atoms with Gasteiger partial charge in [0.15, 0.2) is 0 Å². The average Bonchev–Trinajstić information content (AvgIpc) is 2.73. The molecule has 0 spiro atoms. The zero-order valence-electron chi connectivity index (χ0n) is 17.8. The maximum absolute atomic E-state index is 13.0. The predicted octanol–water partition coefficient (Wildman–Crippen LogP) is 3.10. The minimum absolute atomic E-state index is 0.103. The molecule has 0 unspecified atom stereocenters. The lowest BCUT2D eigenvalue weighted by molar-refractivity contribution is -0.123. The number of nitrogens with zero attached hydrogens (tertiary/aromatic N) is 2. The number of aromatic amines is 1. The summed E-state index contributed by atoms with van der Waals surface area (Å²) in [7, 11) is 0. The molecule has 0 radical (unpaired) electrons. The van der Waals surface area contributed by atoms with Crippen molar-refractivity contribution in [3.05, 3.63) is 52.3 Å². The second-order valence-corrected chi connectivity index (χ2v) is 8.47. The Balaban J connectivity index is 1.59. The molecule has 3 heterocycles. The van der Waals surface area contributed by atoms with E-state index in [4.69, 9.17) is 0 Å². The first kappa shape index (κ1) is 20.8. The van der Waals surface area contributed by atoms with Gasteiger partial charge >= 0.3 is 0 Å². The van der Waals surface area contributed by atoms with Gasteiger partial charge in [-0.1, -0.05) is 31.2 Å². The molecule has 4 rings (SSSR count). The summed E-state index contributed by atoms with van der Waals surface area (Å²) in [6, 6.07) is 7.27. The molecule has 2 aliphatic heterocycles. The van der Waals surface area contributed by atoms with Crippen molar-refractivity contribution in [2.75, 3.05) is 28.6 Å². The summed E-state index contributed by atoms with van der Waals surface area (Å²) in [4.78, 5) is 47.5. The van der Waals surface area contributed by atoms with Gasteiger partial charge in [-0.25, -0.2) is 0 Å². The molecule has 3 N–H and O–H groups in total. The minimum atomic E-state index is -0.906. The molecule has 1 atom stereocenters. The van der Waals surface area contributed by atoms with Crippen LogP contribution in [0.25, 0.3) is 5.57 Å². The fourth-order valence-electron chi connectivity index (χ4n) is 4.02. The molecule has 1 aromatic heterocycles. The molecule has 1 aromatic carbocycles. The second-order valence-electron chi connectivity index (χ2n) is 8.47. The topological polar surface area (TPSA) is 107 Å². The largest absolute Gasteiger partial charge is 0.342 e. The van der Waals surface area contributed by atoms with Crippen molar-refractivity contribution in [1.82, 2.24) is 9.97 Å². The molecule has 2 amide bonds. The Kier molecular flexibility index (Phi) is 5.63. The molecular weight excluding hydrogens is 394 g/mol. The molecule has 2 aromatic rings. The molecule has 0 bridgehead atoms. The van der Waals surface area contributed by atoms with Gasteiger partial charge < -0.3 is 15.5 Å². The molecular formula is C23H27N5O3. The van der Waals surface area contributed by atoms with Crippen molar-refractivity contribution in [3.8, 4) is 0 Å². The number of carbonyl (C=O) groups is 2. The first-order valence-corrected chi connectivity index (χ1v) is 10.6. The van der Waals surface area contributed by atoms with Gasteiger partial charge in [0.1, 0.15) is 5.82 Å². The van der Waals surface area contributed by atoms with Crippen LogP contribution in [0.1, 0.15) is 50.2 Å². The number of piperidine rings is 1. The summed E-state index contributed by atoms with van der Waals surface area (Å²) in [6.45, 7) is 9.59. The van der Waals surface area contributed by atoms with Gasteiger partial charge in [0.25, 0.3) is 5.56 Å². The number of rotatable bonds is 4. The van der Waals surface area contributed by atoms with Crippen LogP contribution in [0.3, 0.4) is 0 Å². The summed E-state index contributed by atoms with van der Waals surface area (Å²) >= 11 is 0. The number of fused-ring (bicyclic) bond motifs is 1. The highest BCUT2D eigenvalue weighted by Gasteiger charge is 2.35. The SMILES string of the molecule is C=C(C)c1ccc(NC(=O)[C@@H]2CC(=O)Nc3nc(N4CCC(C)CC4)[nH]c(=O)c32)cc1. The van der Waals surface area contributed by atoms with Crippen molar-refractivity contribution in [2.24, 2.45) is 5.92 Å². The summed E-state index contributed by atoms with van der Waals surface area (Å²) in [5.74, 6) is -0.402. The monoisotopic (exact) mass is 421 g/mol. The van der Waals surface area contributed by atoms with Gasteiger partial charge in [0.05, 0.1) is 11.5 Å². The van der Waals surface area contributed by atoms with Gasteiger partial charge in [-0.3, -0.25) is 19.4 Å². The Morgan fingerprint density at radius 1 is 1.19 bits per heavy atom. The van der Waals surface area contributed by atoms with E-state index < -0.39 is 17.4 Å². The van der Waals surface area contributed by atoms with E-state index in [1.165, 1.54) is 0 Å². The summed E-state index contributed by atoms with van der Waals surface area (Å²) in [5.41, 5.74) is 2.29. The van der Waals surface area contributed by atoms with Crippen LogP contribution in [0, 0.1) is 5.92 Å². The Morgan fingerprint density at radius 2 is 1.87 bits per heavy atom. The van der Waals surface area contributed by atoms with Crippen LogP contribution in [-0.2, 0) is 9.59 Å². The van der Waals surface area contributed by atoms with Crippen LogP contribution in [-0.4, -0.2) is 34.9 Å². The number of benzene rings is 1. The lowest BCUT2D eigenvalue weighted by Crippen LogP contribution is -2.39. The third-order valence-corrected chi connectivity index (χ3v) is 5.98. The number of allylic oxidation sites excluding steroid dienone is 1. The molecule has 0 saturated carbocycles. The normalized spacial score (nSPS) is 18.8. The van der Waals surface area contributed by atoms with Crippen molar-refractivity contribution in [1.29, 1.82) is 0 Å². The Labute approximate surface area is 180 Å². The number of anilines is 3. The fourth-order valence-corrected chi connectivity index (χ4v) is 4.02. The molecule has 8 heteroatoms.